The molecule has 2 bridgehead atoms. The third-order valence-electron chi connectivity index (χ3n) is 5.19. The summed E-state index contributed by atoms with van der Waals surface area (Å²) in [6, 6.07) is 0. The second-order valence-electron chi connectivity index (χ2n) is 7.29. The van der Waals surface area contributed by atoms with Crippen LogP contribution in [-0.2, 0) is 28.4 Å². The van der Waals surface area contributed by atoms with Crippen molar-refractivity contribution in [2.45, 2.75) is 13.8 Å². The molecule has 0 heterocycles. The van der Waals surface area contributed by atoms with E-state index < -0.39 is 0 Å². The van der Waals surface area contributed by atoms with Gasteiger partial charge in [-0.3, -0.25) is 0 Å². The third kappa shape index (κ3) is 5.99. The predicted molar refractivity (Wildman–Crippen MR) is 109 cm³/mol. The Balaban J connectivity index is 2.13. The molecule has 2 aliphatic carbocycles. The normalized spacial score (nSPS) is 21.0. The highest BCUT2D eigenvalue weighted by atomic mass is 16.5. The van der Waals surface area contributed by atoms with Gasteiger partial charge in [-0.1, -0.05) is 11.6 Å². The lowest BCUT2D eigenvalue weighted by atomic mass is 9.90. The van der Waals surface area contributed by atoms with Crippen LogP contribution >= 0.6 is 0 Å². The lowest BCUT2D eigenvalue weighted by molar-refractivity contribution is 0.0723. The van der Waals surface area contributed by atoms with E-state index in [4.69, 9.17) is 28.4 Å². The Labute approximate surface area is 169 Å². The SMILES string of the molecule is COCCOCC1=C[C@H]2C(COCCOC)=C(COCCOC)[C@@H]1C2=C(C)C. The van der Waals surface area contributed by atoms with Crippen LogP contribution in [0.5, 0.6) is 0 Å². The van der Waals surface area contributed by atoms with Gasteiger partial charge in [-0.05, 0) is 36.1 Å². The molecule has 6 nitrogen and oxygen atoms in total. The molecule has 0 saturated carbocycles. The molecule has 0 N–H and O–H groups in total. The van der Waals surface area contributed by atoms with Gasteiger partial charge < -0.3 is 28.4 Å². The van der Waals surface area contributed by atoms with Crippen molar-refractivity contribution in [3.63, 3.8) is 0 Å². The molecule has 0 radical (unpaired) electrons. The fraction of sp³-hybridized carbons (Fsp3) is 0.727. The predicted octanol–water partition coefficient (Wildman–Crippen LogP) is 2.79. The zero-order valence-corrected chi connectivity index (χ0v) is 18.0. The quantitative estimate of drug-likeness (QED) is 0.313. The Morgan fingerprint density at radius 2 is 1.21 bits per heavy atom. The first-order valence-electron chi connectivity index (χ1n) is 9.95. The maximum atomic E-state index is 5.91. The highest BCUT2D eigenvalue weighted by Gasteiger charge is 2.44. The van der Waals surface area contributed by atoms with Gasteiger partial charge in [-0.15, -0.1) is 0 Å². The largest absolute Gasteiger partial charge is 0.382 e. The molecule has 2 atom stereocenters. The zero-order chi connectivity index (χ0) is 20.4. The lowest BCUT2D eigenvalue weighted by Gasteiger charge is -2.21. The summed E-state index contributed by atoms with van der Waals surface area (Å²) >= 11 is 0. The molecule has 0 saturated heterocycles. The minimum Gasteiger partial charge on any atom is -0.382 e. The van der Waals surface area contributed by atoms with Crippen molar-refractivity contribution in [2.24, 2.45) is 11.8 Å². The van der Waals surface area contributed by atoms with Crippen LogP contribution in [0.2, 0.25) is 0 Å². The maximum Gasteiger partial charge on any atom is 0.0704 e. The summed E-state index contributed by atoms with van der Waals surface area (Å²) in [6.45, 7) is 9.80. The van der Waals surface area contributed by atoms with Crippen LogP contribution in [0, 0.1) is 11.8 Å². The fourth-order valence-electron chi connectivity index (χ4n) is 3.93. The molecule has 0 fully saturated rings. The fourth-order valence-corrected chi connectivity index (χ4v) is 3.93. The molecule has 6 heteroatoms. The Kier molecular flexibility index (Phi) is 10.4. The summed E-state index contributed by atoms with van der Waals surface area (Å²) < 4.78 is 32.9. The lowest BCUT2D eigenvalue weighted by Crippen LogP contribution is -2.18. The van der Waals surface area contributed by atoms with Gasteiger partial charge >= 0.3 is 0 Å². The van der Waals surface area contributed by atoms with E-state index in [1.807, 2.05) is 0 Å². The minimum absolute atomic E-state index is 0.265. The third-order valence-corrected chi connectivity index (χ3v) is 5.19. The molecule has 2 aliphatic rings. The van der Waals surface area contributed by atoms with E-state index in [9.17, 15) is 0 Å². The van der Waals surface area contributed by atoms with E-state index in [2.05, 4.69) is 19.9 Å². The van der Waals surface area contributed by atoms with Crippen molar-refractivity contribution in [3.8, 4) is 0 Å². The van der Waals surface area contributed by atoms with E-state index in [-0.39, 0.29) is 5.92 Å². The second kappa shape index (κ2) is 12.5. The molecule has 0 aromatic carbocycles. The standard InChI is InChI=1S/C22H36O6/c1-16(2)21-18-12-17(13-26-9-6-23-3)22(21)20(15-28-11-8-25-5)19(18)14-27-10-7-24-4/h12,18,22H,6-11,13-15H2,1-5H3/t18-,22+/m0/s1. The molecule has 28 heavy (non-hydrogen) atoms. The van der Waals surface area contributed by atoms with Crippen molar-refractivity contribution in [1.82, 2.24) is 0 Å². The van der Waals surface area contributed by atoms with Gasteiger partial charge in [-0.25, -0.2) is 0 Å². The average molecular weight is 397 g/mol. The Morgan fingerprint density at radius 1 is 0.714 bits per heavy atom. The van der Waals surface area contributed by atoms with E-state index in [1.54, 1.807) is 21.3 Å². The van der Waals surface area contributed by atoms with Crippen molar-refractivity contribution in [2.75, 3.05) is 80.8 Å². The smallest absolute Gasteiger partial charge is 0.0704 e. The first-order valence-corrected chi connectivity index (χ1v) is 9.95. The number of fused-ring (bicyclic) bond motifs is 2. The molecule has 160 valence electrons. The van der Waals surface area contributed by atoms with Crippen LogP contribution in [0.15, 0.2) is 33.9 Å². The molecule has 0 aromatic rings. The van der Waals surface area contributed by atoms with Gasteiger partial charge in [-0.2, -0.15) is 0 Å². The first kappa shape index (κ1) is 23.3. The summed E-state index contributed by atoms with van der Waals surface area (Å²) in [7, 11) is 5.07. The first-order chi connectivity index (χ1) is 13.7. The van der Waals surface area contributed by atoms with E-state index >= 15 is 0 Å². The summed E-state index contributed by atoms with van der Waals surface area (Å²) in [5.41, 5.74) is 6.79. The molecule has 0 amide bonds. The molecule has 2 rings (SSSR count). The molecule has 0 spiro atoms. The molecular weight excluding hydrogens is 360 g/mol. The molecular formula is C22H36O6. The zero-order valence-electron chi connectivity index (χ0n) is 18.0. The minimum atomic E-state index is 0.265. The summed E-state index contributed by atoms with van der Waals surface area (Å²) in [6.07, 6.45) is 2.35. The van der Waals surface area contributed by atoms with E-state index in [1.165, 1.54) is 27.9 Å². The summed E-state index contributed by atoms with van der Waals surface area (Å²) in [4.78, 5) is 0. The average Bonchev–Trinajstić information content (AvgIpc) is 3.19. The number of methoxy groups -OCH3 is 3. The van der Waals surface area contributed by atoms with Crippen LogP contribution in [0.1, 0.15) is 13.8 Å². The van der Waals surface area contributed by atoms with Gasteiger partial charge in [0.2, 0.25) is 0 Å². The second-order valence-corrected chi connectivity index (χ2v) is 7.29. The van der Waals surface area contributed by atoms with Crippen LogP contribution in [0.25, 0.3) is 0 Å². The van der Waals surface area contributed by atoms with Gasteiger partial charge in [0.1, 0.15) is 0 Å². The number of hydrogen-bond acceptors (Lipinski definition) is 6. The number of allylic oxidation sites excluding steroid dienone is 3. The van der Waals surface area contributed by atoms with Gasteiger partial charge in [0.15, 0.2) is 0 Å². The van der Waals surface area contributed by atoms with Crippen molar-refractivity contribution in [1.29, 1.82) is 0 Å². The van der Waals surface area contributed by atoms with Gasteiger partial charge in [0, 0.05) is 33.2 Å². The van der Waals surface area contributed by atoms with Crippen LogP contribution in [0.3, 0.4) is 0 Å². The van der Waals surface area contributed by atoms with Crippen molar-refractivity contribution in [3.05, 3.63) is 33.9 Å². The van der Waals surface area contributed by atoms with Crippen LogP contribution < -0.4 is 0 Å². The van der Waals surface area contributed by atoms with Crippen molar-refractivity contribution < 1.29 is 28.4 Å². The topological polar surface area (TPSA) is 55.4 Å². The van der Waals surface area contributed by atoms with Crippen LogP contribution in [0.4, 0.5) is 0 Å². The Hall–Kier alpha value is -1.02. The highest BCUT2D eigenvalue weighted by molar-refractivity contribution is 5.57. The summed E-state index contributed by atoms with van der Waals surface area (Å²) in [5, 5.41) is 0. The van der Waals surface area contributed by atoms with Crippen LogP contribution in [-0.4, -0.2) is 80.8 Å². The molecule has 0 aromatic heterocycles. The van der Waals surface area contributed by atoms with Gasteiger partial charge in [0.05, 0.1) is 59.5 Å². The number of ether oxygens (including phenoxy) is 6. The Bertz CT molecular complexity index is 574. The summed E-state index contributed by atoms with van der Waals surface area (Å²) in [5.74, 6) is 0.556. The Morgan fingerprint density at radius 3 is 1.71 bits per heavy atom. The molecule has 0 unspecified atom stereocenters. The highest BCUT2D eigenvalue weighted by Crippen LogP contribution is 2.53. The van der Waals surface area contributed by atoms with E-state index in [0.29, 0.717) is 65.4 Å². The van der Waals surface area contributed by atoms with Crippen molar-refractivity contribution >= 4 is 0 Å². The molecule has 0 aliphatic heterocycles. The van der Waals surface area contributed by atoms with Gasteiger partial charge in [0.25, 0.3) is 0 Å². The van der Waals surface area contributed by atoms with E-state index in [0.717, 1.165) is 0 Å². The maximum absolute atomic E-state index is 5.91. The monoisotopic (exact) mass is 396 g/mol. The number of rotatable bonds is 15. The number of hydrogen-bond donors (Lipinski definition) is 0.